The second-order valence-corrected chi connectivity index (χ2v) is 10.3. The summed E-state index contributed by atoms with van der Waals surface area (Å²) in [6.07, 6.45) is 3.58. The molecule has 1 aliphatic rings. The molecule has 0 unspecified atom stereocenters. The lowest BCUT2D eigenvalue weighted by Crippen LogP contribution is -2.32. The van der Waals surface area contributed by atoms with Crippen molar-refractivity contribution in [3.05, 3.63) is 59.7 Å². The Morgan fingerprint density at radius 3 is 2.37 bits per heavy atom. The Morgan fingerprint density at radius 2 is 1.77 bits per heavy atom. The third kappa shape index (κ3) is 5.33. The van der Waals surface area contributed by atoms with Crippen LogP contribution in [-0.2, 0) is 10.0 Å². The first-order chi connectivity index (χ1) is 14.1. The van der Waals surface area contributed by atoms with E-state index in [0.29, 0.717) is 11.3 Å². The molecule has 1 N–H and O–H groups in total. The van der Waals surface area contributed by atoms with E-state index in [4.69, 9.17) is 0 Å². The predicted octanol–water partition coefficient (Wildman–Crippen LogP) is 3.81. The maximum atomic E-state index is 12.7. The summed E-state index contributed by atoms with van der Waals surface area (Å²) in [5.74, 6) is 0.562. The molecular formula is C23H31N3O3S. The largest absolute Gasteiger partial charge is 0.372 e. The molecular weight excluding hydrogens is 398 g/mol. The van der Waals surface area contributed by atoms with Crippen LogP contribution in [0, 0.1) is 5.92 Å². The van der Waals surface area contributed by atoms with E-state index >= 15 is 0 Å². The van der Waals surface area contributed by atoms with Crippen molar-refractivity contribution in [1.82, 2.24) is 5.32 Å². The Labute approximate surface area is 179 Å². The van der Waals surface area contributed by atoms with E-state index in [2.05, 4.69) is 41.4 Å². The van der Waals surface area contributed by atoms with E-state index in [1.54, 1.807) is 24.3 Å². The van der Waals surface area contributed by atoms with Crippen LogP contribution in [0.1, 0.15) is 48.7 Å². The van der Waals surface area contributed by atoms with Gasteiger partial charge >= 0.3 is 0 Å². The number of sulfonamides is 1. The molecule has 0 saturated carbocycles. The SMILES string of the molecule is CC1CCN(c2ccc([C@H](C)NC(=O)c3cccc(N(C)S(C)(=O)=O)c3)cc2)CC1. The second-order valence-electron chi connectivity index (χ2n) is 8.24. The first-order valence-corrected chi connectivity index (χ1v) is 12.2. The number of hydrogen-bond acceptors (Lipinski definition) is 4. The summed E-state index contributed by atoms with van der Waals surface area (Å²) in [5, 5.41) is 3.00. The minimum atomic E-state index is -3.38. The van der Waals surface area contributed by atoms with Gasteiger partial charge in [-0.15, -0.1) is 0 Å². The van der Waals surface area contributed by atoms with Gasteiger partial charge in [0.05, 0.1) is 18.0 Å². The maximum Gasteiger partial charge on any atom is 0.251 e. The van der Waals surface area contributed by atoms with Crippen molar-refractivity contribution in [3.8, 4) is 0 Å². The van der Waals surface area contributed by atoms with Gasteiger partial charge in [-0.3, -0.25) is 9.10 Å². The van der Waals surface area contributed by atoms with E-state index in [1.165, 1.54) is 25.6 Å². The molecule has 1 atom stereocenters. The molecule has 3 rings (SSSR count). The quantitative estimate of drug-likeness (QED) is 0.758. The zero-order valence-electron chi connectivity index (χ0n) is 18.1. The van der Waals surface area contributed by atoms with Gasteiger partial charge in [0.25, 0.3) is 5.91 Å². The Hall–Kier alpha value is -2.54. The van der Waals surface area contributed by atoms with E-state index in [0.717, 1.165) is 35.1 Å². The summed E-state index contributed by atoms with van der Waals surface area (Å²) in [5.41, 5.74) is 3.13. The number of hydrogen-bond donors (Lipinski definition) is 1. The summed E-state index contributed by atoms with van der Waals surface area (Å²) in [6, 6.07) is 14.8. The molecule has 0 radical (unpaired) electrons. The van der Waals surface area contributed by atoms with Crippen LogP contribution >= 0.6 is 0 Å². The maximum absolute atomic E-state index is 12.7. The standard InChI is InChI=1S/C23H31N3O3S/c1-17-12-14-26(15-13-17)21-10-8-19(9-11-21)18(2)24-23(27)20-6-5-7-22(16-20)25(3)30(4,28)29/h5-11,16-18H,12-15H2,1-4H3,(H,24,27)/t18-/m0/s1. The topological polar surface area (TPSA) is 69.7 Å². The van der Waals surface area contributed by atoms with Crippen molar-refractivity contribution in [2.45, 2.75) is 32.7 Å². The van der Waals surface area contributed by atoms with Gasteiger partial charge in [0, 0.05) is 31.4 Å². The molecule has 162 valence electrons. The molecule has 2 aromatic carbocycles. The molecule has 30 heavy (non-hydrogen) atoms. The summed E-state index contributed by atoms with van der Waals surface area (Å²) in [4.78, 5) is 15.1. The van der Waals surface area contributed by atoms with Gasteiger partial charge in [0.15, 0.2) is 0 Å². The van der Waals surface area contributed by atoms with Gasteiger partial charge in [0.2, 0.25) is 10.0 Å². The number of amides is 1. The normalized spacial score (nSPS) is 16.2. The summed E-state index contributed by atoms with van der Waals surface area (Å²) in [7, 11) is -1.91. The molecule has 2 aromatic rings. The molecule has 1 heterocycles. The molecule has 0 bridgehead atoms. The average Bonchev–Trinajstić information content (AvgIpc) is 2.73. The first-order valence-electron chi connectivity index (χ1n) is 10.3. The predicted molar refractivity (Wildman–Crippen MR) is 123 cm³/mol. The van der Waals surface area contributed by atoms with Crippen molar-refractivity contribution in [1.29, 1.82) is 0 Å². The van der Waals surface area contributed by atoms with Gasteiger partial charge in [-0.1, -0.05) is 25.1 Å². The van der Waals surface area contributed by atoms with Crippen molar-refractivity contribution in [2.24, 2.45) is 5.92 Å². The highest BCUT2D eigenvalue weighted by Crippen LogP contribution is 2.25. The van der Waals surface area contributed by atoms with E-state index < -0.39 is 10.0 Å². The number of carbonyl (C=O) groups excluding carboxylic acids is 1. The Kier molecular flexibility index (Phi) is 6.71. The molecule has 0 aromatic heterocycles. The number of anilines is 2. The first kappa shape index (κ1) is 22.2. The fourth-order valence-corrected chi connectivity index (χ4v) is 4.13. The van der Waals surface area contributed by atoms with Crippen LogP contribution in [0.2, 0.25) is 0 Å². The zero-order valence-corrected chi connectivity index (χ0v) is 18.9. The van der Waals surface area contributed by atoms with Gasteiger partial charge in [-0.25, -0.2) is 8.42 Å². The molecule has 6 nitrogen and oxygen atoms in total. The van der Waals surface area contributed by atoms with Crippen molar-refractivity contribution in [3.63, 3.8) is 0 Å². The van der Waals surface area contributed by atoms with Crippen LogP contribution in [0.5, 0.6) is 0 Å². The molecule has 7 heteroatoms. The molecule has 1 amide bonds. The van der Waals surface area contributed by atoms with Gasteiger partial charge in [-0.2, -0.15) is 0 Å². The summed E-state index contributed by atoms with van der Waals surface area (Å²) in [6.45, 7) is 6.43. The number of benzene rings is 2. The Bertz CT molecular complexity index is 981. The number of piperidine rings is 1. The molecule has 0 spiro atoms. The number of rotatable bonds is 6. The van der Waals surface area contributed by atoms with Crippen LogP contribution in [0.25, 0.3) is 0 Å². The van der Waals surface area contributed by atoms with Gasteiger partial charge in [0.1, 0.15) is 0 Å². The Balaban J connectivity index is 1.66. The summed E-state index contributed by atoms with van der Waals surface area (Å²) < 4.78 is 24.7. The fraction of sp³-hybridized carbons (Fsp3) is 0.435. The second kappa shape index (κ2) is 9.08. The van der Waals surface area contributed by atoms with Crippen molar-refractivity contribution in [2.75, 3.05) is 35.6 Å². The number of nitrogens with zero attached hydrogens (tertiary/aromatic N) is 2. The fourth-order valence-electron chi connectivity index (χ4n) is 3.64. The molecule has 1 saturated heterocycles. The van der Waals surface area contributed by atoms with Gasteiger partial charge < -0.3 is 10.2 Å². The van der Waals surface area contributed by atoms with Crippen LogP contribution in [0.4, 0.5) is 11.4 Å². The zero-order chi connectivity index (χ0) is 21.9. The van der Waals surface area contributed by atoms with Crippen LogP contribution in [-0.4, -0.2) is 40.7 Å². The lowest BCUT2D eigenvalue weighted by molar-refractivity contribution is 0.0940. The minimum absolute atomic E-state index is 0.163. The van der Waals surface area contributed by atoms with Crippen LogP contribution in [0.15, 0.2) is 48.5 Å². The van der Waals surface area contributed by atoms with E-state index in [9.17, 15) is 13.2 Å². The third-order valence-corrected chi connectivity index (χ3v) is 7.06. The van der Waals surface area contributed by atoms with Crippen molar-refractivity contribution < 1.29 is 13.2 Å². The van der Waals surface area contributed by atoms with Crippen LogP contribution in [0.3, 0.4) is 0 Å². The highest BCUT2D eigenvalue weighted by Gasteiger charge is 2.18. The lowest BCUT2D eigenvalue weighted by Gasteiger charge is -2.32. The summed E-state index contributed by atoms with van der Waals surface area (Å²) >= 11 is 0. The number of carbonyl (C=O) groups is 1. The monoisotopic (exact) mass is 429 g/mol. The number of nitrogens with one attached hydrogen (secondary N) is 1. The highest BCUT2D eigenvalue weighted by molar-refractivity contribution is 7.92. The van der Waals surface area contributed by atoms with E-state index in [-0.39, 0.29) is 11.9 Å². The van der Waals surface area contributed by atoms with Crippen LogP contribution < -0.4 is 14.5 Å². The molecule has 1 fully saturated rings. The average molecular weight is 430 g/mol. The smallest absolute Gasteiger partial charge is 0.251 e. The van der Waals surface area contributed by atoms with Crippen molar-refractivity contribution >= 4 is 27.3 Å². The molecule has 0 aliphatic carbocycles. The Morgan fingerprint density at radius 1 is 1.13 bits per heavy atom. The lowest BCUT2D eigenvalue weighted by atomic mass is 9.98. The molecule has 1 aliphatic heterocycles. The van der Waals surface area contributed by atoms with Gasteiger partial charge in [-0.05, 0) is 61.6 Å². The highest BCUT2D eigenvalue weighted by atomic mass is 32.2. The van der Waals surface area contributed by atoms with E-state index in [1.807, 2.05) is 6.92 Å². The third-order valence-electron chi connectivity index (χ3n) is 5.86. The minimum Gasteiger partial charge on any atom is -0.372 e.